The van der Waals surface area contributed by atoms with Crippen molar-refractivity contribution in [2.24, 2.45) is 0 Å². The Bertz CT molecular complexity index is 377. The second kappa shape index (κ2) is 6.43. The minimum Gasteiger partial charge on any atom is -0.480 e. The molecule has 0 saturated carbocycles. The molecule has 0 bridgehead atoms. The van der Waals surface area contributed by atoms with Gasteiger partial charge >= 0.3 is 5.97 Å². The lowest BCUT2D eigenvalue weighted by molar-refractivity contribution is -0.138. The first-order valence-electron chi connectivity index (χ1n) is 5.56. The van der Waals surface area contributed by atoms with Gasteiger partial charge in [-0.1, -0.05) is 0 Å². The van der Waals surface area contributed by atoms with Gasteiger partial charge in [-0.15, -0.1) is 0 Å². The molecule has 0 aromatic carbocycles. The molecular weight excluding hydrogens is 264 g/mol. The number of aliphatic hydroxyl groups excluding tert-OH is 1. The molecule has 8 nitrogen and oxygen atoms in total. The van der Waals surface area contributed by atoms with Crippen LogP contribution in [0.25, 0.3) is 0 Å². The molecule has 0 aromatic heterocycles. The lowest BCUT2D eigenvalue weighted by Gasteiger charge is -2.34. The van der Waals surface area contributed by atoms with E-state index in [9.17, 15) is 18.3 Å². The first-order chi connectivity index (χ1) is 8.26. The number of carboxylic acid groups (broad SMARTS) is 1. The monoisotopic (exact) mass is 282 g/mol. The number of hydrogen-bond donors (Lipinski definition) is 3. The van der Waals surface area contributed by atoms with Gasteiger partial charge in [0, 0.05) is 32.7 Å². The maximum atomic E-state index is 10.6. The van der Waals surface area contributed by atoms with Gasteiger partial charge in [0.2, 0.25) is 0 Å². The summed E-state index contributed by atoms with van der Waals surface area (Å²) in [5.74, 6) is -1.56. The topological polar surface area (TPSA) is 118 Å². The van der Waals surface area contributed by atoms with Crippen molar-refractivity contribution < 1.29 is 28.0 Å². The standard InChI is InChI=1S/C9H18N2O6S/c12-8(7-18(15,16)17)5-10-1-3-11(4-2-10)6-9(13)14/h8,12H,1-7H2,(H,13,14)(H,15,16,17). The van der Waals surface area contributed by atoms with E-state index in [2.05, 4.69) is 0 Å². The lowest BCUT2D eigenvalue weighted by Crippen LogP contribution is -2.50. The molecule has 0 radical (unpaired) electrons. The predicted molar refractivity (Wildman–Crippen MR) is 62.9 cm³/mol. The highest BCUT2D eigenvalue weighted by atomic mass is 32.2. The normalized spacial score (nSPS) is 20.8. The zero-order valence-electron chi connectivity index (χ0n) is 9.90. The predicted octanol–water partition coefficient (Wildman–Crippen LogP) is -2.06. The van der Waals surface area contributed by atoms with E-state index in [1.165, 1.54) is 0 Å². The molecule has 1 aliphatic rings. The minimum absolute atomic E-state index is 0.0125. The maximum absolute atomic E-state index is 10.6. The van der Waals surface area contributed by atoms with Crippen LogP contribution in [0.15, 0.2) is 0 Å². The number of β-amino-alcohol motifs (C(OH)–C–C–N with tert-alkyl or cyclic N) is 1. The Hall–Kier alpha value is -0.740. The minimum atomic E-state index is -4.17. The summed E-state index contributed by atoms with van der Waals surface area (Å²) in [6.07, 6.45) is -1.13. The van der Waals surface area contributed by atoms with Gasteiger partial charge < -0.3 is 10.2 Å². The van der Waals surface area contributed by atoms with Gasteiger partial charge in [0.25, 0.3) is 10.1 Å². The van der Waals surface area contributed by atoms with E-state index in [4.69, 9.17) is 9.66 Å². The van der Waals surface area contributed by atoms with Crippen molar-refractivity contribution in [1.82, 2.24) is 9.80 Å². The van der Waals surface area contributed by atoms with Crippen molar-refractivity contribution >= 4 is 16.1 Å². The molecule has 9 heteroatoms. The van der Waals surface area contributed by atoms with Gasteiger partial charge in [-0.3, -0.25) is 19.1 Å². The van der Waals surface area contributed by atoms with Gasteiger partial charge in [-0.05, 0) is 0 Å². The molecular formula is C9H18N2O6S. The van der Waals surface area contributed by atoms with E-state index in [0.717, 1.165) is 0 Å². The van der Waals surface area contributed by atoms with E-state index in [-0.39, 0.29) is 13.1 Å². The average molecular weight is 282 g/mol. The van der Waals surface area contributed by atoms with Crippen LogP contribution < -0.4 is 0 Å². The first kappa shape index (κ1) is 15.3. The molecule has 1 saturated heterocycles. The zero-order valence-corrected chi connectivity index (χ0v) is 10.7. The molecule has 1 atom stereocenters. The number of aliphatic hydroxyl groups is 1. The summed E-state index contributed by atoms with van der Waals surface area (Å²) in [4.78, 5) is 14.1. The molecule has 1 aliphatic heterocycles. The molecule has 18 heavy (non-hydrogen) atoms. The fraction of sp³-hybridized carbons (Fsp3) is 0.889. The number of piperazine rings is 1. The molecule has 1 rings (SSSR count). The highest BCUT2D eigenvalue weighted by Gasteiger charge is 2.22. The van der Waals surface area contributed by atoms with Crippen LogP contribution in [0.2, 0.25) is 0 Å². The summed E-state index contributed by atoms with van der Waals surface area (Å²) in [7, 11) is -4.17. The van der Waals surface area contributed by atoms with Crippen molar-refractivity contribution in [2.75, 3.05) is 45.0 Å². The largest absolute Gasteiger partial charge is 0.480 e. The van der Waals surface area contributed by atoms with Crippen molar-refractivity contribution in [1.29, 1.82) is 0 Å². The number of aliphatic carboxylic acids is 1. The van der Waals surface area contributed by atoms with Gasteiger partial charge in [0.1, 0.15) is 5.75 Å². The molecule has 106 valence electrons. The van der Waals surface area contributed by atoms with Gasteiger partial charge in [0.05, 0.1) is 12.6 Å². The summed E-state index contributed by atoms with van der Waals surface area (Å²) >= 11 is 0. The van der Waals surface area contributed by atoms with Gasteiger partial charge in [-0.25, -0.2) is 0 Å². The Labute approximate surface area is 106 Å². The maximum Gasteiger partial charge on any atom is 0.317 e. The SMILES string of the molecule is O=C(O)CN1CCN(CC(O)CS(=O)(=O)O)CC1. The van der Waals surface area contributed by atoms with Crippen molar-refractivity contribution in [3.05, 3.63) is 0 Å². The van der Waals surface area contributed by atoms with E-state index < -0.39 is 27.9 Å². The lowest BCUT2D eigenvalue weighted by atomic mass is 10.3. The smallest absolute Gasteiger partial charge is 0.317 e. The van der Waals surface area contributed by atoms with Gasteiger partial charge in [0.15, 0.2) is 0 Å². The Kier molecular flexibility index (Phi) is 5.47. The van der Waals surface area contributed by atoms with E-state index in [1.54, 1.807) is 4.90 Å². The number of carboxylic acids is 1. The molecule has 0 aliphatic carbocycles. The third kappa shape index (κ3) is 6.26. The van der Waals surface area contributed by atoms with Crippen molar-refractivity contribution in [2.45, 2.75) is 6.10 Å². The Morgan fingerprint density at radius 1 is 1.17 bits per heavy atom. The Morgan fingerprint density at radius 2 is 1.67 bits per heavy atom. The summed E-state index contributed by atoms with van der Waals surface area (Å²) in [6, 6.07) is 0. The molecule has 3 N–H and O–H groups in total. The van der Waals surface area contributed by atoms with Crippen LogP contribution in [-0.2, 0) is 14.9 Å². The third-order valence-corrected chi connectivity index (χ3v) is 3.50. The van der Waals surface area contributed by atoms with E-state index in [0.29, 0.717) is 26.2 Å². The molecule has 1 heterocycles. The first-order valence-corrected chi connectivity index (χ1v) is 7.17. The summed E-state index contributed by atoms with van der Waals surface area (Å²) in [5.41, 5.74) is 0. The van der Waals surface area contributed by atoms with Crippen LogP contribution >= 0.6 is 0 Å². The number of nitrogens with zero attached hydrogens (tertiary/aromatic N) is 2. The molecule has 1 unspecified atom stereocenters. The Balaban J connectivity index is 2.29. The van der Waals surface area contributed by atoms with E-state index >= 15 is 0 Å². The zero-order chi connectivity index (χ0) is 13.8. The average Bonchev–Trinajstić information content (AvgIpc) is 2.17. The number of hydrogen-bond acceptors (Lipinski definition) is 6. The number of rotatable bonds is 6. The van der Waals surface area contributed by atoms with E-state index in [1.807, 2.05) is 4.90 Å². The molecule has 0 spiro atoms. The summed E-state index contributed by atoms with van der Waals surface area (Å²) < 4.78 is 29.7. The quantitative estimate of drug-likeness (QED) is 0.476. The third-order valence-electron chi connectivity index (χ3n) is 2.70. The fourth-order valence-electron chi connectivity index (χ4n) is 1.92. The van der Waals surface area contributed by atoms with Gasteiger partial charge in [-0.2, -0.15) is 8.42 Å². The van der Waals surface area contributed by atoms with Crippen LogP contribution in [0, 0.1) is 0 Å². The second-order valence-corrected chi connectivity index (χ2v) is 5.87. The number of carbonyl (C=O) groups is 1. The summed E-state index contributed by atoms with van der Waals surface area (Å²) in [6.45, 7) is 2.39. The molecule has 0 amide bonds. The Morgan fingerprint density at radius 3 is 2.11 bits per heavy atom. The molecule has 0 aromatic rings. The fourth-order valence-corrected chi connectivity index (χ4v) is 2.51. The molecule has 1 fully saturated rings. The van der Waals surface area contributed by atoms with Crippen molar-refractivity contribution in [3.8, 4) is 0 Å². The van der Waals surface area contributed by atoms with Crippen LogP contribution in [0.5, 0.6) is 0 Å². The van der Waals surface area contributed by atoms with Crippen LogP contribution in [0.4, 0.5) is 0 Å². The van der Waals surface area contributed by atoms with Crippen molar-refractivity contribution in [3.63, 3.8) is 0 Å². The van der Waals surface area contributed by atoms with Crippen LogP contribution in [0.1, 0.15) is 0 Å². The highest BCUT2D eigenvalue weighted by molar-refractivity contribution is 7.85. The van der Waals surface area contributed by atoms with Crippen LogP contribution in [-0.4, -0.2) is 90.1 Å². The highest BCUT2D eigenvalue weighted by Crippen LogP contribution is 2.03. The summed E-state index contributed by atoms with van der Waals surface area (Å²) in [5, 5.41) is 18.1. The second-order valence-electron chi connectivity index (χ2n) is 4.37. The van der Waals surface area contributed by atoms with Crippen LogP contribution in [0.3, 0.4) is 0 Å².